The number of anilines is 1. The maximum Gasteiger partial charge on any atom is 0.244 e. The average molecular weight is 388 g/mol. The third kappa shape index (κ3) is 3.59. The summed E-state index contributed by atoms with van der Waals surface area (Å²) in [6.07, 6.45) is 3.34. The van der Waals surface area contributed by atoms with E-state index in [1.54, 1.807) is 16.4 Å². The Morgan fingerprint density at radius 3 is 2.44 bits per heavy atom. The molecule has 27 heavy (non-hydrogen) atoms. The second-order valence-corrected chi connectivity index (χ2v) is 9.27. The molecule has 0 N–H and O–H groups in total. The Hall–Kier alpha value is -1.96. The Labute approximate surface area is 160 Å². The highest BCUT2D eigenvalue weighted by Crippen LogP contribution is 2.31. The van der Waals surface area contributed by atoms with Gasteiger partial charge in [-0.25, -0.2) is 13.4 Å². The van der Waals surface area contributed by atoms with E-state index in [0.717, 1.165) is 30.8 Å². The van der Waals surface area contributed by atoms with Crippen LogP contribution < -0.4 is 4.90 Å². The molecule has 2 aliphatic rings. The molecule has 0 aliphatic carbocycles. The molecule has 0 bridgehead atoms. The molecule has 6 nitrogen and oxygen atoms in total. The van der Waals surface area contributed by atoms with Gasteiger partial charge in [-0.05, 0) is 37.5 Å². The second kappa shape index (κ2) is 7.22. The first kappa shape index (κ1) is 18.4. The van der Waals surface area contributed by atoms with Gasteiger partial charge in [-0.1, -0.05) is 30.3 Å². The molecule has 2 saturated heterocycles. The summed E-state index contributed by atoms with van der Waals surface area (Å²) in [5.41, 5.74) is 0.713. The number of hydrogen-bond acceptors (Lipinski definition) is 5. The minimum atomic E-state index is -3.42. The largest absolute Gasteiger partial charge is 0.367 e. The van der Waals surface area contributed by atoms with Gasteiger partial charge in [0.1, 0.15) is 16.3 Å². The molecule has 1 aromatic carbocycles. The summed E-state index contributed by atoms with van der Waals surface area (Å²) in [7, 11) is -3.42. The van der Waals surface area contributed by atoms with Crippen LogP contribution in [0.5, 0.6) is 0 Å². The van der Waals surface area contributed by atoms with Crippen molar-refractivity contribution in [3.8, 4) is 0 Å². The number of benzene rings is 1. The molecule has 4 rings (SSSR count). The Morgan fingerprint density at radius 2 is 1.78 bits per heavy atom. The summed E-state index contributed by atoms with van der Waals surface area (Å²) in [4.78, 5) is 6.89. The lowest BCUT2D eigenvalue weighted by Crippen LogP contribution is -2.48. The molecule has 2 fully saturated rings. The number of rotatable bonds is 4. The molecular weight excluding hydrogens is 362 g/mol. The van der Waals surface area contributed by atoms with Gasteiger partial charge in [0.2, 0.25) is 10.0 Å². The predicted octanol–water partition coefficient (Wildman–Crippen LogP) is 2.62. The second-order valence-electron chi connectivity index (χ2n) is 7.33. The van der Waals surface area contributed by atoms with Crippen LogP contribution in [0.15, 0.2) is 53.6 Å². The van der Waals surface area contributed by atoms with E-state index < -0.39 is 15.6 Å². The third-order valence-electron chi connectivity index (χ3n) is 5.41. The first-order chi connectivity index (χ1) is 13.0. The van der Waals surface area contributed by atoms with Crippen molar-refractivity contribution in [3.05, 3.63) is 54.2 Å². The zero-order valence-electron chi connectivity index (χ0n) is 15.5. The molecule has 0 saturated carbocycles. The number of pyridine rings is 1. The zero-order valence-corrected chi connectivity index (χ0v) is 16.4. The quantitative estimate of drug-likeness (QED) is 0.807. The van der Waals surface area contributed by atoms with E-state index in [1.165, 1.54) is 6.20 Å². The highest BCUT2D eigenvalue weighted by atomic mass is 32.2. The molecule has 2 aliphatic heterocycles. The molecule has 0 radical (unpaired) electrons. The maximum absolute atomic E-state index is 12.7. The smallest absolute Gasteiger partial charge is 0.244 e. The maximum atomic E-state index is 12.7. The van der Waals surface area contributed by atoms with Crippen LogP contribution >= 0.6 is 0 Å². The summed E-state index contributed by atoms with van der Waals surface area (Å²) in [5.74, 6) is 0.779. The summed E-state index contributed by atoms with van der Waals surface area (Å²) in [5, 5.41) is 0. The Kier molecular flexibility index (Phi) is 4.92. The van der Waals surface area contributed by atoms with Crippen LogP contribution in [0.2, 0.25) is 0 Å². The van der Waals surface area contributed by atoms with Gasteiger partial charge < -0.3 is 9.64 Å². The summed E-state index contributed by atoms with van der Waals surface area (Å²) in [6.45, 7) is 5.28. The fourth-order valence-electron chi connectivity index (χ4n) is 3.82. The third-order valence-corrected chi connectivity index (χ3v) is 7.29. The molecule has 2 aromatic rings. The summed E-state index contributed by atoms with van der Waals surface area (Å²) in [6, 6.07) is 13.6. The van der Waals surface area contributed by atoms with Crippen LogP contribution in [0.3, 0.4) is 0 Å². The van der Waals surface area contributed by atoms with Crippen LogP contribution in [-0.4, -0.2) is 50.5 Å². The van der Waals surface area contributed by atoms with Crippen molar-refractivity contribution in [3.63, 3.8) is 0 Å². The van der Waals surface area contributed by atoms with Gasteiger partial charge in [0, 0.05) is 25.8 Å². The van der Waals surface area contributed by atoms with E-state index in [9.17, 15) is 8.42 Å². The van der Waals surface area contributed by atoms with Crippen molar-refractivity contribution < 1.29 is 13.2 Å². The normalized spacial score (nSPS) is 24.3. The van der Waals surface area contributed by atoms with Gasteiger partial charge in [-0.15, -0.1) is 0 Å². The van der Waals surface area contributed by atoms with Crippen molar-refractivity contribution in [2.24, 2.45) is 0 Å². The first-order valence-corrected chi connectivity index (χ1v) is 10.8. The van der Waals surface area contributed by atoms with Crippen LogP contribution in [-0.2, 0) is 20.4 Å². The minimum absolute atomic E-state index is 0.271. The van der Waals surface area contributed by atoms with Gasteiger partial charge in [-0.2, -0.15) is 4.31 Å². The average Bonchev–Trinajstić information content (AvgIpc) is 3.25. The molecule has 1 aromatic heterocycles. The summed E-state index contributed by atoms with van der Waals surface area (Å²) >= 11 is 0. The lowest BCUT2D eigenvalue weighted by molar-refractivity contribution is -0.0468. The standard InChI is InChI=1S/C20H25N3O3S/c1-20(17-7-3-2-4-8-17)16-22(13-14-26-20)19-10-9-18(15-21-19)27(24,25)23-11-5-6-12-23/h2-4,7-10,15H,5-6,11-14,16H2,1H3. The summed E-state index contributed by atoms with van der Waals surface area (Å²) < 4.78 is 32.9. The van der Waals surface area contributed by atoms with Gasteiger partial charge in [0.15, 0.2) is 0 Å². The van der Waals surface area contributed by atoms with Crippen LogP contribution in [0.4, 0.5) is 5.82 Å². The fraction of sp³-hybridized carbons (Fsp3) is 0.450. The van der Waals surface area contributed by atoms with Crippen LogP contribution in [0, 0.1) is 0 Å². The Bertz CT molecular complexity index is 880. The van der Waals surface area contributed by atoms with Gasteiger partial charge in [-0.3, -0.25) is 0 Å². The van der Waals surface area contributed by atoms with E-state index >= 15 is 0 Å². The van der Waals surface area contributed by atoms with Crippen molar-refractivity contribution in [2.45, 2.75) is 30.3 Å². The van der Waals surface area contributed by atoms with Crippen molar-refractivity contribution >= 4 is 15.8 Å². The molecule has 0 amide bonds. The highest BCUT2D eigenvalue weighted by molar-refractivity contribution is 7.89. The molecule has 1 unspecified atom stereocenters. The number of sulfonamides is 1. The molecule has 1 atom stereocenters. The minimum Gasteiger partial charge on any atom is -0.367 e. The lowest BCUT2D eigenvalue weighted by Gasteiger charge is -2.41. The van der Waals surface area contributed by atoms with Gasteiger partial charge >= 0.3 is 0 Å². The Balaban J connectivity index is 1.54. The molecule has 3 heterocycles. The zero-order chi connectivity index (χ0) is 18.9. The molecule has 0 spiro atoms. The molecular formula is C20H25N3O3S. The van der Waals surface area contributed by atoms with Crippen molar-refractivity contribution in [1.29, 1.82) is 0 Å². The van der Waals surface area contributed by atoms with Gasteiger partial charge in [0.25, 0.3) is 0 Å². The van der Waals surface area contributed by atoms with Crippen molar-refractivity contribution in [2.75, 3.05) is 37.7 Å². The number of morpholine rings is 1. The van der Waals surface area contributed by atoms with Gasteiger partial charge in [0.05, 0.1) is 13.2 Å². The lowest BCUT2D eigenvalue weighted by atomic mass is 9.94. The van der Waals surface area contributed by atoms with E-state index in [2.05, 4.69) is 28.9 Å². The number of ether oxygens (including phenoxy) is 1. The van der Waals surface area contributed by atoms with E-state index in [0.29, 0.717) is 26.2 Å². The van der Waals surface area contributed by atoms with Crippen LogP contribution in [0.25, 0.3) is 0 Å². The monoisotopic (exact) mass is 387 g/mol. The molecule has 144 valence electrons. The van der Waals surface area contributed by atoms with E-state index in [1.807, 2.05) is 18.2 Å². The highest BCUT2D eigenvalue weighted by Gasteiger charge is 2.34. The SMILES string of the molecule is CC1(c2ccccc2)CN(c2ccc(S(=O)(=O)N3CCCC3)cn2)CCO1. The topological polar surface area (TPSA) is 62.7 Å². The van der Waals surface area contributed by atoms with Crippen molar-refractivity contribution in [1.82, 2.24) is 9.29 Å². The fourth-order valence-corrected chi connectivity index (χ4v) is 5.28. The number of nitrogens with zero attached hydrogens (tertiary/aromatic N) is 3. The number of hydrogen-bond donors (Lipinski definition) is 0. The van der Waals surface area contributed by atoms with E-state index in [4.69, 9.17) is 4.74 Å². The van der Waals surface area contributed by atoms with Crippen LogP contribution in [0.1, 0.15) is 25.3 Å². The first-order valence-electron chi connectivity index (χ1n) is 9.40. The Morgan fingerprint density at radius 1 is 1.04 bits per heavy atom. The van der Waals surface area contributed by atoms with E-state index in [-0.39, 0.29) is 4.90 Å². The number of aromatic nitrogens is 1. The molecule has 7 heteroatoms. The predicted molar refractivity (Wildman–Crippen MR) is 104 cm³/mol.